The molecule has 1 aliphatic rings. The molecule has 0 saturated carbocycles. The maximum atomic E-state index is 13.5. The molecular weight excluding hydrogens is 382 g/mol. The molecule has 0 bridgehead atoms. The molecule has 1 aromatic heterocycles. The highest BCUT2D eigenvalue weighted by Gasteiger charge is 2.37. The number of nitrogens with one attached hydrogen (secondary N) is 1. The van der Waals surface area contributed by atoms with Gasteiger partial charge in [0.25, 0.3) is 0 Å². The number of fused-ring (bicyclic) bond motifs is 1. The van der Waals surface area contributed by atoms with Crippen LogP contribution in [0.1, 0.15) is 24.2 Å². The molecule has 5 nitrogen and oxygen atoms in total. The number of rotatable bonds is 3. The predicted octanol–water partition coefficient (Wildman–Crippen LogP) is 4.57. The summed E-state index contributed by atoms with van der Waals surface area (Å²) in [7, 11) is -3.76. The smallest absolute Gasteiger partial charge is 0.206 e. The number of nitrogens with zero attached hydrogens (tertiary/aromatic N) is 2. The first-order valence-corrected chi connectivity index (χ1v) is 10.3. The van der Waals surface area contributed by atoms with E-state index in [1.807, 2.05) is 43.3 Å². The Bertz CT molecular complexity index is 1130. The summed E-state index contributed by atoms with van der Waals surface area (Å²) < 4.78 is 28.8. The van der Waals surface area contributed by atoms with Crippen LogP contribution in [0.15, 0.2) is 76.2 Å². The predicted molar refractivity (Wildman–Crippen MR) is 107 cm³/mol. The Kier molecular flexibility index (Phi) is 4.32. The van der Waals surface area contributed by atoms with Gasteiger partial charge < -0.3 is 5.32 Å². The van der Waals surface area contributed by atoms with Gasteiger partial charge in [0.05, 0.1) is 15.5 Å². The van der Waals surface area contributed by atoms with E-state index in [1.165, 1.54) is 12.1 Å². The van der Waals surface area contributed by atoms with Crippen LogP contribution in [-0.2, 0) is 9.84 Å². The van der Waals surface area contributed by atoms with Gasteiger partial charge in [0.1, 0.15) is 11.9 Å². The second-order valence-electron chi connectivity index (χ2n) is 6.50. The molecule has 0 amide bonds. The monoisotopic (exact) mass is 399 g/mol. The Morgan fingerprint density at radius 2 is 1.70 bits per heavy atom. The first kappa shape index (κ1) is 17.8. The summed E-state index contributed by atoms with van der Waals surface area (Å²) >= 11 is 5.94. The molecule has 0 aliphatic carbocycles. The molecule has 1 unspecified atom stereocenters. The summed E-state index contributed by atoms with van der Waals surface area (Å²) in [6.45, 7) is 3.67. The zero-order valence-corrected chi connectivity index (χ0v) is 16.4. The van der Waals surface area contributed by atoms with Crippen molar-refractivity contribution in [2.75, 3.05) is 5.32 Å². The van der Waals surface area contributed by atoms with Crippen LogP contribution in [0, 0.1) is 6.92 Å². The van der Waals surface area contributed by atoms with E-state index in [9.17, 15) is 8.42 Å². The zero-order valence-electron chi connectivity index (χ0n) is 14.8. The molecule has 2 heterocycles. The lowest BCUT2D eigenvalue weighted by molar-refractivity contribution is 0.563. The van der Waals surface area contributed by atoms with Crippen molar-refractivity contribution in [3.05, 3.63) is 87.5 Å². The average molecular weight is 400 g/mol. The molecule has 1 N–H and O–H groups in total. The highest BCUT2D eigenvalue weighted by Crippen LogP contribution is 2.41. The molecule has 0 spiro atoms. The Hall–Kier alpha value is -2.57. The molecule has 0 radical (unpaired) electrons. The second-order valence-corrected chi connectivity index (χ2v) is 8.85. The lowest BCUT2D eigenvalue weighted by atomic mass is 10.0. The van der Waals surface area contributed by atoms with Crippen molar-refractivity contribution in [2.24, 2.45) is 0 Å². The minimum absolute atomic E-state index is 0.205. The van der Waals surface area contributed by atoms with Gasteiger partial charge in [-0.1, -0.05) is 41.9 Å². The molecule has 0 fully saturated rings. The van der Waals surface area contributed by atoms with Gasteiger partial charge in [-0.25, -0.2) is 13.1 Å². The van der Waals surface area contributed by atoms with E-state index in [0.717, 1.165) is 17.1 Å². The SMILES string of the molecule is CC1=C(S(=O)(=O)c2ccc(Cl)cc2)C(c2ccccc2)n2nc(C)cc2N1. The van der Waals surface area contributed by atoms with Crippen molar-refractivity contribution in [3.63, 3.8) is 0 Å². The maximum absolute atomic E-state index is 13.5. The van der Waals surface area contributed by atoms with Crippen molar-refractivity contribution in [1.82, 2.24) is 9.78 Å². The molecule has 1 aliphatic heterocycles. The molecule has 3 aromatic rings. The van der Waals surface area contributed by atoms with E-state index in [0.29, 0.717) is 10.7 Å². The number of aryl methyl sites for hydroxylation is 1. The van der Waals surface area contributed by atoms with Crippen LogP contribution in [-0.4, -0.2) is 18.2 Å². The number of benzene rings is 2. The van der Waals surface area contributed by atoms with Crippen LogP contribution in [0.3, 0.4) is 0 Å². The van der Waals surface area contributed by atoms with E-state index in [2.05, 4.69) is 10.4 Å². The van der Waals surface area contributed by atoms with E-state index >= 15 is 0 Å². The molecule has 27 heavy (non-hydrogen) atoms. The van der Waals surface area contributed by atoms with Gasteiger partial charge in [0.15, 0.2) is 0 Å². The van der Waals surface area contributed by atoms with Gasteiger partial charge in [-0.05, 0) is 43.7 Å². The molecule has 4 rings (SSSR count). The molecule has 138 valence electrons. The zero-order chi connectivity index (χ0) is 19.2. The van der Waals surface area contributed by atoms with Crippen molar-refractivity contribution in [1.29, 1.82) is 0 Å². The molecule has 0 saturated heterocycles. The highest BCUT2D eigenvalue weighted by molar-refractivity contribution is 7.95. The number of sulfone groups is 1. The molecule has 7 heteroatoms. The Morgan fingerprint density at radius 1 is 1.04 bits per heavy atom. The summed E-state index contributed by atoms with van der Waals surface area (Å²) in [5.74, 6) is 0.772. The molecule has 2 aromatic carbocycles. The van der Waals surface area contributed by atoms with Crippen molar-refractivity contribution in [2.45, 2.75) is 24.8 Å². The fourth-order valence-corrected chi connectivity index (χ4v) is 5.25. The topological polar surface area (TPSA) is 64.0 Å². The number of allylic oxidation sites excluding steroid dienone is 2. The summed E-state index contributed by atoms with van der Waals surface area (Å²) in [4.78, 5) is 0.489. The van der Waals surface area contributed by atoms with E-state index in [-0.39, 0.29) is 9.80 Å². The van der Waals surface area contributed by atoms with Crippen molar-refractivity contribution in [3.8, 4) is 0 Å². The number of hydrogen-bond acceptors (Lipinski definition) is 4. The summed E-state index contributed by atoms with van der Waals surface area (Å²) in [5.41, 5.74) is 2.26. The largest absolute Gasteiger partial charge is 0.343 e. The van der Waals surface area contributed by atoms with E-state index in [4.69, 9.17) is 11.6 Å². The average Bonchev–Trinajstić information content (AvgIpc) is 3.01. The van der Waals surface area contributed by atoms with Crippen molar-refractivity contribution < 1.29 is 8.42 Å². The Labute approximate surface area is 163 Å². The summed E-state index contributed by atoms with van der Waals surface area (Å²) in [6.07, 6.45) is 0. The summed E-state index contributed by atoms with van der Waals surface area (Å²) in [5, 5.41) is 8.23. The normalized spacial score (nSPS) is 16.8. The van der Waals surface area contributed by atoms with Gasteiger partial charge in [0, 0.05) is 16.8 Å². The van der Waals surface area contributed by atoms with Gasteiger partial charge in [-0.3, -0.25) is 0 Å². The number of aromatic nitrogens is 2. The lowest BCUT2D eigenvalue weighted by Gasteiger charge is -2.30. The van der Waals surface area contributed by atoms with E-state index < -0.39 is 15.9 Å². The molecular formula is C20H18ClN3O2S. The number of anilines is 1. The van der Waals surface area contributed by atoms with Crippen LogP contribution in [0.4, 0.5) is 5.82 Å². The number of halogens is 1. The lowest BCUT2D eigenvalue weighted by Crippen LogP contribution is -2.28. The number of hydrogen-bond donors (Lipinski definition) is 1. The maximum Gasteiger partial charge on any atom is 0.206 e. The minimum Gasteiger partial charge on any atom is -0.343 e. The molecule has 1 atom stereocenters. The Balaban J connectivity index is 1.95. The third-order valence-corrected chi connectivity index (χ3v) is 6.82. The van der Waals surface area contributed by atoms with Crippen LogP contribution in [0.5, 0.6) is 0 Å². The minimum atomic E-state index is -3.76. The quantitative estimate of drug-likeness (QED) is 0.700. The van der Waals surface area contributed by atoms with Gasteiger partial charge in [-0.2, -0.15) is 5.10 Å². The van der Waals surface area contributed by atoms with Gasteiger partial charge in [0.2, 0.25) is 9.84 Å². The van der Waals surface area contributed by atoms with Gasteiger partial charge in [-0.15, -0.1) is 0 Å². The van der Waals surface area contributed by atoms with Crippen LogP contribution < -0.4 is 5.32 Å². The van der Waals surface area contributed by atoms with E-state index in [1.54, 1.807) is 23.7 Å². The Morgan fingerprint density at radius 3 is 2.37 bits per heavy atom. The van der Waals surface area contributed by atoms with Crippen LogP contribution >= 0.6 is 11.6 Å². The second kappa shape index (κ2) is 6.55. The third-order valence-electron chi connectivity index (χ3n) is 4.56. The first-order valence-electron chi connectivity index (χ1n) is 8.47. The van der Waals surface area contributed by atoms with Crippen LogP contribution in [0.2, 0.25) is 5.02 Å². The highest BCUT2D eigenvalue weighted by atomic mass is 35.5. The first-order chi connectivity index (χ1) is 12.9. The third kappa shape index (κ3) is 3.05. The summed E-state index contributed by atoms with van der Waals surface area (Å²) in [6, 6.07) is 17.1. The van der Waals surface area contributed by atoms with Crippen LogP contribution in [0.25, 0.3) is 0 Å². The van der Waals surface area contributed by atoms with Gasteiger partial charge >= 0.3 is 0 Å². The van der Waals surface area contributed by atoms with Crippen molar-refractivity contribution >= 4 is 27.3 Å². The standard InChI is InChI=1S/C20H18ClN3O2S/c1-13-12-18-22-14(2)20(27(25,26)17-10-8-16(21)9-11-17)19(24(18)23-13)15-6-4-3-5-7-15/h3-12,19,22H,1-2H3. The fourth-order valence-electron chi connectivity index (χ4n) is 3.39. The fraction of sp³-hybridized carbons (Fsp3) is 0.150.